The maximum Gasteiger partial charge on any atom is 0.214 e. The minimum atomic E-state index is -0.513. The van der Waals surface area contributed by atoms with Gasteiger partial charge in [0, 0.05) is 19.6 Å². The first kappa shape index (κ1) is 15.4. The highest BCUT2D eigenvalue weighted by Crippen LogP contribution is 2.20. The molecule has 0 radical (unpaired) electrons. The van der Waals surface area contributed by atoms with E-state index in [9.17, 15) is 5.11 Å². The normalized spacial score (nSPS) is 16.0. The monoisotopic (exact) mass is 341 g/mol. The van der Waals surface area contributed by atoms with E-state index in [1.165, 1.54) is 15.9 Å². The molecule has 7 heteroatoms. The van der Waals surface area contributed by atoms with Crippen LogP contribution in [0.25, 0.3) is 10.7 Å². The molecule has 3 aromatic rings. The van der Waals surface area contributed by atoms with Gasteiger partial charge in [0.15, 0.2) is 0 Å². The number of hydrogen-bond donors (Lipinski definition) is 1. The maximum absolute atomic E-state index is 10.4. The molecule has 0 bridgehead atoms. The molecule has 4 rings (SSSR count). The lowest BCUT2D eigenvalue weighted by Crippen LogP contribution is -2.38. The van der Waals surface area contributed by atoms with E-state index < -0.39 is 6.10 Å². The molecule has 3 heterocycles. The third-order valence-corrected chi connectivity index (χ3v) is 5.11. The summed E-state index contributed by atoms with van der Waals surface area (Å²) < 4.78 is 0. The molecule has 0 saturated heterocycles. The molecule has 0 amide bonds. The second-order valence-electron chi connectivity index (χ2n) is 6.05. The second-order valence-corrected chi connectivity index (χ2v) is 7.00. The van der Waals surface area contributed by atoms with E-state index in [-0.39, 0.29) is 0 Å². The minimum Gasteiger partial charge on any atom is -0.390 e. The van der Waals surface area contributed by atoms with Crippen LogP contribution in [-0.4, -0.2) is 49.4 Å². The van der Waals surface area contributed by atoms with Crippen LogP contribution in [0.15, 0.2) is 41.8 Å². The summed E-state index contributed by atoms with van der Waals surface area (Å²) >= 11 is 1.58. The van der Waals surface area contributed by atoms with Gasteiger partial charge in [-0.3, -0.25) is 4.90 Å². The first-order valence-corrected chi connectivity index (χ1v) is 8.95. The van der Waals surface area contributed by atoms with E-state index in [1.807, 2.05) is 17.5 Å². The number of benzene rings is 1. The zero-order valence-electron chi connectivity index (χ0n) is 13.2. The van der Waals surface area contributed by atoms with Crippen molar-refractivity contribution in [2.24, 2.45) is 0 Å². The number of tetrazole rings is 1. The molecule has 1 N–H and O–H groups in total. The fraction of sp³-hybridized carbons (Fsp3) is 0.353. The van der Waals surface area contributed by atoms with Gasteiger partial charge >= 0.3 is 0 Å². The van der Waals surface area contributed by atoms with E-state index in [0.717, 1.165) is 24.4 Å². The molecule has 0 spiro atoms. The Morgan fingerprint density at radius 1 is 1.12 bits per heavy atom. The van der Waals surface area contributed by atoms with Gasteiger partial charge < -0.3 is 5.11 Å². The molecule has 6 nitrogen and oxygen atoms in total. The van der Waals surface area contributed by atoms with Crippen molar-refractivity contribution in [2.75, 3.05) is 13.1 Å². The van der Waals surface area contributed by atoms with Crippen LogP contribution in [0.3, 0.4) is 0 Å². The zero-order chi connectivity index (χ0) is 16.4. The van der Waals surface area contributed by atoms with Crippen molar-refractivity contribution in [1.82, 2.24) is 25.1 Å². The first-order valence-electron chi connectivity index (χ1n) is 8.07. The zero-order valence-corrected chi connectivity index (χ0v) is 14.1. The van der Waals surface area contributed by atoms with Crippen LogP contribution in [0.4, 0.5) is 0 Å². The van der Waals surface area contributed by atoms with Crippen molar-refractivity contribution in [3.63, 3.8) is 0 Å². The van der Waals surface area contributed by atoms with E-state index in [2.05, 4.69) is 44.6 Å². The molecular formula is C17H19N5OS. The third kappa shape index (κ3) is 3.38. The largest absolute Gasteiger partial charge is 0.390 e. The molecule has 2 aromatic heterocycles. The fourth-order valence-corrected chi connectivity index (χ4v) is 3.73. The molecule has 1 unspecified atom stereocenters. The summed E-state index contributed by atoms with van der Waals surface area (Å²) in [6.45, 7) is 2.83. The number of aliphatic hydroxyl groups excluding tert-OH is 1. The highest BCUT2D eigenvalue weighted by Gasteiger charge is 2.19. The van der Waals surface area contributed by atoms with Crippen LogP contribution < -0.4 is 0 Å². The van der Waals surface area contributed by atoms with Gasteiger partial charge in [0.05, 0.1) is 17.5 Å². The van der Waals surface area contributed by atoms with Crippen molar-refractivity contribution in [1.29, 1.82) is 0 Å². The predicted octanol–water partition coefficient (Wildman–Crippen LogP) is 1.82. The number of hydrogen-bond acceptors (Lipinski definition) is 6. The standard InChI is InChI=1S/C17H19N5OS/c23-15(11-21-8-7-13-4-1-2-5-14(13)10-21)12-22-19-17(18-20-22)16-6-3-9-24-16/h1-6,9,15,23H,7-8,10-12H2. The topological polar surface area (TPSA) is 67.1 Å². The number of rotatable bonds is 5. The van der Waals surface area contributed by atoms with E-state index in [1.54, 1.807) is 11.3 Å². The second kappa shape index (κ2) is 6.80. The van der Waals surface area contributed by atoms with Gasteiger partial charge in [0.2, 0.25) is 5.82 Å². The molecule has 1 atom stereocenters. The molecule has 0 aliphatic carbocycles. The summed E-state index contributed by atoms with van der Waals surface area (Å²) in [6, 6.07) is 12.4. The summed E-state index contributed by atoms with van der Waals surface area (Å²) in [5.41, 5.74) is 2.77. The summed E-state index contributed by atoms with van der Waals surface area (Å²) in [4.78, 5) is 4.75. The average Bonchev–Trinajstić information content (AvgIpc) is 3.26. The quantitative estimate of drug-likeness (QED) is 0.767. The van der Waals surface area contributed by atoms with Gasteiger partial charge in [-0.1, -0.05) is 30.3 Å². The predicted molar refractivity (Wildman–Crippen MR) is 92.6 cm³/mol. The molecule has 124 valence electrons. The number of fused-ring (bicyclic) bond motifs is 1. The van der Waals surface area contributed by atoms with Crippen molar-refractivity contribution in [3.05, 3.63) is 52.9 Å². The smallest absolute Gasteiger partial charge is 0.214 e. The fourth-order valence-electron chi connectivity index (χ4n) is 3.08. The highest BCUT2D eigenvalue weighted by molar-refractivity contribution is 7.13. The highest BCUT2D eigenvalue weighted by atomic mass is 32.1. The summed E-state index contributed by atoms with van der Waals surface area (Å²) in [7, 11) is 0. The lowest BCUT2D eigenvalue weighted by atomic mass is 10.00. The lowest BCUT2D eigenvalue weighted by Gasteiger charge is -2.30. The minimum absolute atomic E-state index is 0.358. The molecule has 0 saturated carbocycles. The molecule has 1 aromatic carbocycles. The number of thiophene rings is 1. The Morgan fingerprint density at radius 2 is 2.00 bits per heavy atom. The van der Waals surface area contributed by atoms with Crippen LogP contribution in [0, 0.1) is 0 Å². The van der Waals surface area contributed by atoms with Gasteiger partial charge in [-0.15, -0.1) is 21.5 Å². The number of nitrogens with zero attached hydrogens (tertiary/aromatic N) is 5. The molecule has 1 aliphatic heterocycles. The van der Waals surface area contributed by atoms with Crippen LogP contribution in [0.5, 0.6) is 0 Å². The van der Waals surface area contributed by atoms with Crippen molar-refractivity contribution >= 4 is 11.3 Å². The van der Waals surface area contributed by atoms with Gasteiger partial charge in [0.1, 0.15) is 0 Å². The Hall–Kier alpha value is -2.09. The Balaban J connectivity index is 1.35. The van der Waals surface area contributed by atoms with E-state index >= 15 is 0 Å². The summed E-state index contributed by atoms with van der Waals surface area (Å²) in [5, 5.41) is 24.8. The average molecular weight is 341 g/mol. The third-order valence-electron chi connectivity index (χ3n) is 4.25. The van der Waals surface area contributed by atoms with Crippen LogP contribution in [0.1, 0.15) is 11.1 Å². The van der Waals surface area contributed by atoms with Crippen molar-refractivity contribution in [3.8, 4) is 10.7 Å². The van der Waals surface area contributed by atoms with Gasteiger partial charge in [-0.2, -0.15) is 4.80 Å². The van der Waals surface area contributed by atoms with Crippen LogP contribution >= 0.6 is 11.3 Å². The van der Waals surface area contributed by atoms with E-state index in [4.69, 9.17) is 0 Å². The molecular weight excluding hydrogens is 322 g/mol. The van der Waals surface area contributed by atoms with Crippen molar-refractivity contribution < 1.29 is 5.11 Å². The van der Waals surface area contributed by atoms with Crippen LogP contribution in [0.2, 0.25) is 0 Å². The Bertz CT molecular complexity index is 801. The Labute approximate surface area is 144 Å². The molecule has 1 aliphatic rings. The summed E-state index contributed by atoms with van der Waals surface area (Å²) in [6.07, 6.45) is 0.521. The summed E-state index contributed by atoms with van der Waals surface area (Å²) in [5.74, 6) is 0.615. The first-order chi connectivity index (χ1) is 11.8. The van der Waals surface area contributed by atoms with Crippen LogP contribution in [-0.2, 0) is 19.5 Å². The van der Waals surface area contributed by atoms with Gasteiger partial charge in [-0.25, -0.2) is 0 Å². The lowest BCUT2D eigenvalue weighted by molar-refractivity contribution is 0.0849. The number of aliphatic hydroxyl groups is 1. The molecule has 24 heavy (non-hydrogen) atoms. The van der Waals surface area contributed by atoms with Gasteiger partial charge in [0.25, 0.3) is 0 Å². The van der Waals surface area contributed by atoms with Gasteiger partial charge in [-0.05, 0) is 34.2 Å². The van der Waals surface area contributed by atoms with E-state index in [0.29, 0.717) is 18.9 Å². The SMILES string of the molecule is OC(CN1CCc2ccccc2C1)Cn1nnc(-c2cccs2)n1. The number of aromatic nitrogens is 4. The Morgan fingerprint density at radius 3 is 2.83 bits per heavy atom. The Kier molecular flexibility index (Phi) is 4.38. The molecule has 0 fully saturated rings. The maximum atomic E-state index is 10.4. The number of β-amino-alcohol motifs (C(OH)–C–C–N with tert-alkyl or cyclic N) is 1. The van der Waals surface area contributed by atoms with Crippen molar-refractivity contribution in [2.45, 2.75) is 25.6 Å².